The fourth-order valence-electron chi connectivity index (χ4n) is 1.91. The summed E-state index contributed by atoms with van der Waals surface area (Å²) in [5.74, 6) is 0.596. The molecule has 20 heavy (non-hydrogen) atoms. The molecule has 0 spiro atoms. The quantitative estimate of drug-likeness (QED) is 0.828. The zero-order valence-electron chi connectivity index (χ0n) is 12.3. The number of aliphatic hydroxyl groups excluding tert-OH is 1. The van der Waals surface area contributed by atoms with Crippen molar-refractivity contribution < 1.29 is 9.84 Å². The molecule has 0 fully saturated rings. The van der Waals surface area contributed by atoms with Crippen LogP contribution in [0.25, 0.3) is 11.0 Å². The first-order valence-electron chi connectivity index (χ1n) is 6.69. The summed E-state index contributed by atoms with van der Waals surface area (Å²) in [5, 5.41) is 15.3. The molecule has 0 amide bonds. The summed E-state index contributed by atoms with van der Waals surface area (Å²) >= 11 is 1.58. The molecule has 2 rings (SSSR count). The van der Waals surface area contributed by atoms with E-state index >= 15 is 0 Å². The molecular weight excluding hydrogens is 274 g/mol. The molecular formula is C14H21N3O2S. The summed E-state index contributed by atoms with van der Waals surface area (Å²) in [7, 11) is 1.89. The van der Waals surface area contributed by atoms with E-state index in [4.69, 9.17) is 4.74 Å². The van der Waals surface area contributed by atoms with E-state index in [1.54, 1.807) is 16.4 Å². The average Bonchev–Trinajstić information content (AvgIpc) is 2.69. The lowest BCUT2D eigenvalue weighted by molar-refractivity contribution is 0.0152. The fourth-order valence-corrected chi connectivity index (χ4v) is 2.72. The van der Waals surface area contributed by atoms with Crippen molar-refractivity contribution in [3.63, 3.8) is 0 Å². The number of fused-ring (bicyclic) bond motifs is 1. The second-order valence-corrected chi connectivity index (χ2v) is 6.19. The Hall–Kier alpha value is -1.11. The number of thioether (sulfide) groups is 1. The van der Waals surface area contributed by atoms with E-state index in [9.17, 15) is 5.11 Å². The van der Waals surface area contributed by atoms with Gasteiger partial charge >= 0.3 is 0 Å². The summed E-state index contributed by atoms with van der Waals surface area (Å²) in [4.78, 5) is 5.46. The molecule has 6 heteroatoms. The Labute approximate surface area is 123 Å². The van der Waals surface area contributed by atoms with E-state index in [0.717, 1.165) is 21.6 Å². The third-order valence-electron chi connectivity index (χ3n) is 2.90. The third kappa shape index (κ3) is 3.71. The van der Waals surface area contributed by atoms with Gasteiger partial charge in [-0.1, -0.05) is 0 Å². The molecule has 2 aromatic heterocycles. The molecule has 2 heterocycles. The van der Waals surface area contributed by atoms with Crippen LogP contribution in [0.2, 0.25) is 0 Å². The van der Waals surface area contributed by atoms with Gasteiger partial charge in [-0.3, -0.25) is 4.68 Å². The topological polar surface area (TPSA) is 60.2 Å². The zero-order valence-corrected chi connectivity index (χ0v) is 13.1. The number of aliphatic hydroxyl groups is 1. The van der Waals surface area contributed by atoms with E-state index < -0.39 is 6.10 Å². The maximum absolute atomic E-state index is 9.85. The smallest absolute Gasteiger partial charge is 0.157 e. The maximum atomic E-state index is 9.85. The first-order chi connectivity index (χ1) is 9.47. The van der Waals surface area contributed by atoms with Gasteiger partial charge in [0.25, 0.3) is 0 Å². The number of hydrogen-bond acceptors (Lipinski definition) is 5. The SMILES string of the molecule is Cc1nn(C)c2ncc(SCC(O)COC(C)C)cc12. The summed E-state index contributed by atoms with van der Waals surface area (Å²) < 4.78 is 7.17. The normalized spacial score (nSPS) is 13.3. The summed E-state index contributed by atoms with van der Waals surface area (Å²) in [5.41, 5.74) is 1.86. The van der Waals surface area contributed by atoms with Crippen molar-refractivity contribution in [2.45, 2.75) is 37.9 Å². The second kappa shape index (κ2) is 6.56. The van der Waals surface area contributed by atoms with Gasteiger partial charge < -0.3 is 9.84 Å². The van der Waals surface area contributed by atoms with Gasteiger partial charge in [-0.2, -0.15) is 5.10 Å². The van der Waals surface area contributed by atoms with Gasteiger partial charge in [0.05, 0.1) is 24.5 Å². The highest BCUT2D eigenvalue weighted by Gasteiger charge is 2.10. The van der Waals surface area contributed by atoms with Crippen molar-refractivity contribution in [1.82, 2.24) is 14.8 Å². The monoisotopic (exact) mass is 295 g/mol. The zero-order chi connectivity index (χ0) is 14.7. The molecule has 0 radical (unpaired) electrons. The second-order valence-electron chi connectivity index (χ2n) is 5.10. The predicted octanol–water partition coefficient (Wildman–Crippen LogP) is 2.15. The number of aryl methyl sites for hydroxylation is 2. The predicted molar refractivity (Wildman–Crippen MR) is 81.1 cm³/mol. The fraction of sp³-hybridized carbons (Fsp3) is 0.571. The molecule has 0 saturated heterocycles. The standard InChI is InChI=1S/C14H21N3O2S/c1-9(2)19-7-11(18)8-20-12-5-13-10(3)16-17(4)14(13)15-6-12/h5-6,9,11,18H,7-8H2,1-4H3. The van der Waals surface area contributed by atoms with Crippen molar-refractivity contribution in [2.24, 2.45) is 7.05 Å². The van der Waals surface area contributed by atoms with Crippen LogP contribution in [-0.2, 0) is 11.8 Å². The average molecular weight is 295 g/mol. The molecule has 1 atom stereocenters. The Morgan fingerprint density at radius 3 is 2.90 bits per heavy atom. The minimum Gasteiger partial charge on any atom is -0.390 e. The van der Waals surface area contributed by atoms with Gasteiger partial charge in [0.15, 0.2) is 5.65 Å². The van der Waals surface area contributed by atoms with Crippen molar-refractivity contribution in [3.05, 3.63) is 18.0 Å². The van der Waals surface area contributed by atoms with Gasteiger partial charge in [-0.05, 0) is 26.8 Å². The molecule has 0 aromatic carbocycles. The first-order valence-corrected chi connectivity index (χ1v) is 7.67. The lowest BCUT2D eigenvalue weighted by atomic mass is 10.3. The minimum atomic E-state index is -0.465. The van der Waals surface area contributed by atoms with E-state index in [-0.39, 0.29) is 6.10 Å². The Bertz CT molecular complexity index is 583. The molecule has 0 aliphatic rings. The van der Waals surface area contributed by atoms with Crippen LogP contribution in [0, 0.1) is 6.92 Å². The highest BCUT2D eigenvalue weighted by atomic mass is 32.2. The maximum Gasteiger partial charge on any atom is 0.157 e. The van der Waals surface area contributed by atoms with Crippen LogP contribution in [0.3, 0.4) is 0 Å². The Morgan fingerprint density at radius 1 is 1.45 bits per heavy atom. The van der Waals surface area contributed by atoms with Crippen LogP contribution in [0.1, 0.15) is 19.5 Å². The first kappa shape index (κ1) is 15.3. The molecule has 0 aliphatic heterocycles. The molecule has 5 nitrogen and oxygen atoms in total. The lowest BCUT2D eigenvalue weighted by Crippen LogP contribution is -2.20. The third-order valence-corrected chi connectivity index (χ3v) is 4.01. The Balaban J connectivity index is 1.98. The highest BCUT2D eigenvalue weighted by molar-refractivity contribution is 7.99. The van der Waals surface area contributed by atoms with Crippen molar-refractivity contribution >= 4 is 22.8 Å². The summed E-state index contributed by atoms with van der Waals surface area (Å²) in [6.45, 7) is 6.27. The van der Waals surface area contributed by atoms with Crippen LogP contribution >= 0.6 is 11.8 Å². The van der Waals surface area contributed by atoms with E-state index in [2.05, 4.69) is 16.1 Å². The van der Waals surface area contributed by atoms with Gasteiger partial charge in [0.1, 0.15) is 0 Å². The van der Waals surface area contributed by atoms with Crippen molar-refractivity contribution in [1.29, 1.82) is 0 Å². The van der Waals surface area contributed by atoms with Crippen LogP contribution < -0.4 is 0 Å². The Morgan fingerprint density at radius 2 is 2.20 bits per heavy atom. The number of nitrogens with zero attached hydrogens (tertiary/aromatic N) is 3. The Kier molecular flexibility index (Phi) is 5.01. The number of aromatic nitrogens is 3. The molecule has 0 saturated carbocycles. The van der Waals surface area contributed by atoms with Crippen molar-refractivity contribution in [3.8, 4) is 0 Å². The summed E-state index contributed by atoms with van der Waals surface area (Å²) in [6, 6.07) is 2.07. The highest BCUT2D eigenvalue weighted by Crippen LogP contribution is 2.24. The van der Waals surface area contributed by atoms with Gasteiger partial charge in [0.2, 0.25) is 0 Å². The molecule has 2 aromatic rings. The van der Waals surface area contributed by atoms with Crippen LogP contribution in [-0.4, -0.2) is 44.4 Å². The molecule has 1 unspecified atom stereocenters. The van der Waals surface area contributed by atoms with Gasteiger partial charge in [0, 0.05) is 29.3 Å². The van der Waals surface area contributed by atoms with Crippen LogP contribution in [0.4, 0.5) is 0 Å². The number of pyridine rings is 1. The van der Waals surface area contributed by atoms with E-state index in [0.29, 0.717) is 12.4 Å². The van der Waals surface area contributed by atoms with Gasteiger partial charge in [-0.15, -0.1) is 11.8 Å². The van der Waals surface area contributed by atoms with Crippen LogP contribution in [0.5, 0.6) is 0 Å². The minimum absolute atomic E-state index is 0.144. The molecule has 1 N–H and O–H groups in total. The van der Waals surface area contributed by atoms with Crippen molar-refractivity contribution in [2.75, 3.05) is 12.4 Å². The summed E-state index contributed by atoms with van der Waals surface area (Å²) in [6.07, 6.45) is 1.50. The number of rotatable bonds is 6. The molecule has 110 valence electrons. The lowest BCUT2D eigenvalue weighted by Gasteiger charge is -2.13. The van der Waals surface area contributed by atoms with E-state index in [1.165, 1.54) is 0 Å². The number of hydrogen-bond donors (Lipinski definition) is 1. The number of ether oxygens (including phenoxy) is 1. The van der Waals surface area contributed by atoms with Gasteiger partial charge in [-0.25, -0.2) is 4.98 Å². The molecule has 0 aliphatic carbocycles. The van der Waals surface area contributed by atoms with Crippen LogP contribution in [0.15, 0.2) is 17.2 Å². The largest absolute Gasteiger partial charge is 0.390 e. The molecule has 0 bridgehead atoms. The van der Waals surface area contributed by atoms with E-state index in [1.807, 2.05) is 34.0 Å².